The monoisotopic (exact) mass is 580 g/mol. The molecule has 5 nitrogen and oxygen atoms in total. The van der Waals surface area contributed by atoms with Gasteiger partial charge in [0.1, 0.15) is 11.5 Å². The van der Waals surface area contributed by atoms with Gasteiger partial charge in [0.15, 0.2) is 0 Å². The normalized spacial score (nSPS) is 26.4. The molecule has 43 heavy (non-hydrogen) atoms. The SMILES string of the molecule is C=CC(=N/C(=C\C)c1ccc2c(c1)=CC(C)(CNC(=O)c1ccc3c(c1)[C@](C)(F)CC1=C([CH]1)C3)CC=2)N1CC[C@@H](OC)C1.[HH]. The molecule has 2 aromatic rings. The third-order valence-electron chi connectivity index (χ3n) is 9.34. The average molecular weight is 581 g/mol. The zero-order chi connectivity index (χ0) is 30.4. The van der Waals surface area contributed by atoms with Gasteiger partial charge < -0.3 is 15.0 Å². The summed E-state index contributed by atoms with van der Waals surface area (Å²) in [5.74, 6) is 0.682. The number of halogens is 1. The van der Waals surface area contributed by atoms with Gasteiger partial charge in [0.05, 0.1) is 11.8 Å². The van der Waals surface area contributed by atoms with Crippen LogP contribution in [0.15, 0.2) is 71.3 Å². The number of carbonyl (C=O) groups is 1. The molecule has 1 saturated heterocycles. The topological polar surface area (TPSA) is 53.9 Å². The largest absolute Gasteiger partial charge is 0.380 e. The molecule has 6 heteroatoms. The first-order valence-electron chi connectivity index (χ1n) is 15.3. The molecule has 4 aliphatic rings. The molecule has 3 aliphatic carbocycles. The van der Waals surface area contributed by atoms with Crippen LogP contribution in [-0.2, 0) is 16.8 Å². The van der Waals surface area contributed by atoms with Crippen LogP contribution in [0.25, 0.3) is 17.8 Å². The van der Waals surface area contributed by atoms with Crippen molar-refractivity contribution in [1.82, 2.24) is 10.2 Å². The summed E-state index contributed by atoms with van der Waals surface area (Å²) in [6.45, 7) is 12.0. The van der Waals surface area contributed by atoms with Gasteiger partial charge in [-0.05, 0) is 78.9 Å². The number of nitrogens with one attached hydrogen (secondary N) is 1. The number of rotatable bonds is 7. The zero-order valence-corrected chi connectivity index (χ0v) is 25.7. The number of fused-ring (bicyclic) bond motifs is 2. The Bertz CT molecular complexity index is 1710. The number of carbonyl (C=O) groups excluding carboxylic acids is 1. The highest BCUT2D eigenvalue weighted by molar-refractivity contribution is 5.96. The smallest absolute Gasteiger partial charge is 0.251 e. The number of aliphatic imine (C=N–C) groups is 1. The second-order valence-corrected chi connectivity index (χ2v) is 12.8. The average Bonchev–Trinajstić information content (AvgIpc) is 3.54. The van der Waals surface area contributed by atoms with Gasteiger partial charge in [-0.15, -0.1) is 0 Å². The Morgan fingerprint density at radius 2 is 2.02 bits per heavy atom. The fourth-order valence-corrected chi connectivity index (χ4v) is 6.64. The molecule has 1 aliphatic heterocycles. The van der Waals surface area contributed by atoms with Crippen molar-refractivity contribution in [1.29, 1.82) is 0 Å². The highest BCUT2D eigenvalue weighted by Gasteiger charge is 2.39. The lowest BCUT2D eigenvalue weighted by Gasteiger charge is -2.28. The lowest BCUT2D eigenvalue weighted by atomic mass is 9.82. The van der Waals surface area contributed by atoms with Gasteiger partial charge in [-0.2, -0.15) is 0 Å². The fraction of sp³-hybridized carbons (Fsp3) is 0.378. The Morgan fingerprint density at radius 3 is 2.77 bits per heavy atom. The van der Waals surface area contributed by atoms with E-state index in [1.54, 1.807) is 20.1 Å². The van der Waals surface area contributed by atoms with E-state index in [-0.39, 0.29) is 18.9 Å². The summed E-state index contributed by atoms with van der Waals surface area (Å²) < 4.78 is 21.2. The van der Waals surface area contributed by atoms with E-state index < -0.39 is 5.67 Å². The highest BCUT2D eigenvalue weighted by Crippen LogP contribution is 2.48. The molecule has 1 radical (unpaired) electrons. The van der Waals surface area contributed by atoms with E-state index in [0.717, 1.165) is 65.8 Å². The minimum atomic E-state index is -1.47. The summed E-state index contributed by atoms with van der Waals surface area (Å²) >= 11 is 0. The standard InChI is InChI=1S/C37H41FN3O2.H2/c1-6-33(40-34(7-2)41-15-13-31(22-41)43-5)26-10-8-24-12-14-36(3,20-29(24)17-26)23-39-35(42)27-11-9-25-16-28-18-30(28)21-37(4,38)32(25)19-27;/h6-12,17-20,31H,2,13-16,21-23H2,1,3-5H3,(H,39,42);1H/b33-6-,40-34?;/t31-,36?,37-;/m1./s1. The fourth-order valence-electron chi connectivity index (χ4n) is 6.64. The van der Waals surface area contributed by atoms with Crippen molar-refractivity contribution >= 4 is 29.6 Å². The number of ether oxygens (including phenoxy) is 1. The van der Waals surface area contributed by atoms with Crippen LogP contribution in [0.5, 0.6) is 0 Å². The van der Waals surface area contributed by atoms with Crippen LogP contribution in [0.3, 0.4) is 0 Å². The van der Waals surface area contributed by atoms with Gasteiger partial charge >= 0.3 is 0 Å². The molecule has 6 rings (SSSR count). The minimum absolute atomic E-state index is 0. The summed E-state index contributed by atoms with van der Waals surface area (Å²) in [5.41, 5.74) is 4.66. The van der Waals surface area contributed by atoms with Gasteiger partial charge in [-0.3, -0.25) is 4.79 Å². The molecule has 1 N–H and O–H groups in total. The minimum Gasteiger partial charge on any atom is -0.380 e. The van der Waals surface area contributed by atoms with Crippen LogP contribution < -0.4 is 15.8 Å². The number of allylic oxidation sites excluding steroid dienone is 3. The number of benzene rings is 2. The lowest BCUT2D eigenvalue weighted by molar-refractivity contribution is 0.0942. The Labute approximate surface area is 255 Å². The first-order valence-corrected chi connectivity index (χ1v) is 15.3. The first kappa shape index (κ1) is 29.3. The lowest BCUT2D eigenvalue weighted by Crippen LogP contribution is -2.40. The zero-order valence-electron chi connectivity index (χ0n) is 25.7. The van der Waals surface area contributed by atoms with E-state index in [4.69, 9.17) is 9.73 Å². The van der Waals surface area contributed by atoms with Crippen LogP contribution in [0.4, 0.5) is 4.39 Å². The third kappa shape index (κ3) is 6.03. The predicted octanol–water partition coefficient (Wildman–Crippen LogP) is 5.64. The summed E-state index contributed by atoms with van der Waals surface area (Å²) in [5, 5.41) is 5.44. The molecule has 225 valence electrons. The van der Waals surface area contributed by atoms with Crippen molar-refractivity contribution in [2.75, 3.05) is 26.7 Å². The quantitative estimate of drug-likeness (QED) is 0.341. The summed E-state index contributed by atoms with van der Waals surface area (Å²) in [6.07, 6.45) is 13.6. The Kier molecular flexibility index (Phi) is 7.76. The number of methoxy groups -OCH3 is 1. The molecule has 1 unspecified atom stereocenters. The molecule has 0 bridgehead atoms. The third-order valence-corrected chi connectivity index (χ3v) is 9.34. The number of amidine groups is 1. The summed E-state index contributed by atoms with van der Waals surface area (Å²) in [7, 11) is 1.76. The van der Waals surface area contributed by atoms with Crippen LogP contribution >= 0.6 is 0 Å². The van der Waals surface area contributed by atoms with Gasteiger partial charge in [-0.25, -0.2) is 9.38 Å². The Balaban J connectivity index is 0.00000384. The second-order valence-electron chi connectivity index (χ2n) is 12.8. The maximum Gasteiger partial charge on any atom is 0.251 e. The Morgan fingerprint density at radius 1 is 1.21 bits per heavy atom. The number of amides is 1. The molecular weight excluding hydrogens is 537 g/mol. The summed E-state index contributed by atoms with van der Waals surface area (Å²) in [6, 6.07) is 11.9. The van der Waals surface area contributed by atoms with Crippen molar-refractivity contribution in [2.24, 2.45) is 10.4 Å². The number of hydrogen-bond donors (Lipinski definition) is 1. The van der Waals surface area contributed by atoms with Crippen molar-refractivity contribution in [3.05, 3.63) is 105 Å². The molecule has 1 fully saturated rings. The molecule has 1 amide bonds. The molecule has 3 atom stereocenters. The van der Waals surface area contributed by atoms with Crippen molar-refractivity contribution in [3.63, 3.8) is 0 Å². The summed E-state index contributed by atoms with van der Waals surface area (Å²) in [4.78, 5) is 20.5. The molecule has 2 aromatic carbocycles. The van der Waals surface area contributed by atoms with Gasteiger partial charge in [0.2, 0.25) is 0 Å². The molecule has 0 spiro atoms. The highest BCUT2D eigenvalue weighted by atomic mass is 19.1. The van der Waals surface area contributed by atoms with Crippen LogP contribution in [0.2, 0.25) is 0 Å². The number of nitrogens with zero attached hydrogens (tertiary/aromatic N) is 2. The van der Waals surface area contributed by atoms with Crippen molar-refractivity contribution < 1.29 is 15.3 Å². The van der Waals surface area contributed by atoms with E-state index in [1.165, 1.54) is 10.8 Å². The van der Waals surface area contributed by atoms with Crippen LogP contribution in [-0.4, -0.2) is 49.5 Å². The second kappa shape index (κ2) is 11.4. The van der Waals surface area contributed by atoms with Gasteiger partial charge in [-0.1, -0.05) is 61.1 Å². The number of alkyl halides is 1. The van der Waals surface area contributed by atoms with E-state index in [0.29, 0.717) is 24.1 Å². The number of likely N-dealkylation sites (tertiary alicyclic amines) is 1. The van der Waals surface area contributed by atoms with Gasteiger partial charge in [0, 0.05) is 57.6 Å². The van der Waals surface area contributed by atoms with Crippen molar-refractivity contribution in [2.45, 2.75) is 58.2 Å². The van der Waals surface area contributed by atoms with Crippen molar-refractivity contribution in [3.8, 4) is 0 Å². The maximum atomic E-state index is 15.6. The van der Waals surface area contributed by atoms with Gasteiger partial charge in [0.25, 0.3) is 5.91 Å². The van der Waals surface area contributed by atoms with E-state index in [2.05, 4.69) is 60.5 Å². The molecule has 1 heterocycles. The Hall–Kier alpha value is -3.77. The first-order chi connectivity index (χ1) is 20.6. The number of hydrogen-bond acceptors (Lipinski definition) is 3. The predicted molar refractivity (Wildman–Crippen MR) is 175 cm³/mol. The molecule has 0 saturated carbocycles. The van der Waals surface area contributed by atoms with Crippen LogP contribution in [0, 0.1) is 11.8 Å². The van der Waals surface area contributed by atoms with E-state index >= 15 is 4.39 Å². The maximum absolute atomic E-state index is 15.6. The van der Waals surface area contributed by atoms with Crippen LogP contribution in [0.1, 0.15) is 68.5 Å². The molecular formula is C37H43FN3O2. The molecule has 0 aromatic heterocycles. The van der Waals surface area contributed by atoms with E-state index in [1.807, 2.05) is 31.2 Å². The van der Waals surface area contributed by atoms with E-state index in [9.17, 15) is 4.79 Å².